The minimum atomic E-state index is -3.81. The first-order valence-corrected chi connectivity index (χ1v) is 13.4. The zero-order chi connectivity index (χ0) is 22.5. The Morgan fingerprint density at radius 1 is 1.00 bits per heavy atom. The van der Waals surface area contributed by atoms with Gasteiger partial charge in [-0.3, -0.25) is 14.5 Å². The monoisotopic (exact) mass is 463 g/mol. The summed E-state index contributed by atoms with van der Waals surface area (Å²) in [6.45, 7) is 0.608. The second kappa shape index (κ2) is 9.61. The molecule has 31 heavy (non-hydrogen) atoms. The third-order valence-corrected chi connectivity index (χ3v) is 6.91. The Bertz CT molecular complexity index is 1190. The van der Waals surface area contributed by atoms with Gasteiger partial charge in [0.15, 0.2) is 9.84 Å². The summed E-state index contributed by atoms with van der Waals surface area (Å²) >= 11 is 0. The van der Waals surface area contributed by atoms with Gasteiger partial charge in [-0.25, -0.2) is 16.8 Å². The van der Waals surface area contributed by atoms with Crippen LogP contribution in [0.1, 0.15) is 41.6 Å². The molecule has 1 aliphatic heterocycles. The molecule has 1 heterocycles. The molecule has 0 bridgehead atoms. The third-order valence-electron chi connectivity index (χ3n) is 4.67. The van der Waals surface area contributed by atoms with E-state index in [1.54, 1.807) is 24.3 Å². The van der Waals surface area contributed by atoms with Crippen LogP contribution in [0.4, 0.5) is 5.69 Å². The number of carbonyl (C=O) groups is 1. The molecule has 0 unspecified atom stereocenters. The van der Waals surface area contributed by atoms with Gasteiger partial charge in [-0.15, -0.1) is 0 Å². The summed E-state index contributed by atoms with van der Waals surface area (Å²) in [7, 11) is -6.97. The second-order valence-corrected chi connectivity index (χ2v) is 11.3. The average molecular weight is 464 g/mol. The van der Waals surface area contributed by atoms with E-state index in [1.165, 1.54) is 24.3 Å². The lowest BCUT2D eigenvalue weighted by Crippen LogP contribution is -2.30. The number of nitrogens with zero attached hydrogens (tertiary/aromatic N) is 1. The molecule has 10 heteroatoms. The van der Waals surface area contributed by atoms with E-state index in [2.05, 4.69) is 15.0 Å². The highest BCUT2D eigenvalue weighted by atomic mass is 32.2. The predicted molar refractivity (Wildman–Crippen MR) is 120 cm³/mol. The summed E-state index contributed by atoms with van der Waals surface area (Å²) in [5, 5.41) is 2.67. The van der Waals surface area contributed by atoms with Crippen molar-refractivity contribution < 1.29 is 21.6 Å². The molecule has 166 valence electrons. The van der Waals surface area contributed by atoms with E-state index in [4.69, 9.17) is 0 Å². The van der Waals surface area contributed by atoms with Crippen LogP contribution in [0.25, 0.3) is 0 Å². The number of amides is 1. The Morgan fingerprint density at radius 3 is 2.45 bits per heavy atom. The first-order valence-electron chi connectivity index (χ1n) is 9.87. The molecule has 2 aromatic rings. The second-order valence-electron chi connectivity index (χ2n) is 7.49. The Hall–Kier alpha value is -2.72. The lowest BCUT2D eigenvalue weighted by atomic mass is 10.1. The molecule has 1 aliphatic rings. The van der Waals surface area contributed by atoms with E-state index in [9.17, 15) is 21.6 Å². The van der Waals surface area contributed by atoms with Crippen LogP contribution in [0.5, 0.6) is 0 Å². The Kier molecular flexibility index (Phi) is 7.11. The molecule has 0 atom stereocenters. The molecule has 0 saturated heterocycles. The van der Waals surface area contributed by atoms with Gasteiger partial charge >= 0.3 is 0 Å². The molecule has 0 fully saturated rings. The van der Waals surface area contributed by atoms with Gasteiger partial charge in [0.1, 0.15) is 5.84 Å². The van der Waals surface area contributed by atoms with Gasteiger partial charge in [-0.1, -0.05) is 24.6 Å². The summed E-state index contributed by atoms with van der Waals surface area (Å²) in [6.07, 6.45) is 4.59. The molecular formula is C21H25N3O5S2. The van der Waals surface area contributed by atoms with Crippen LogP contribution in [-0.4, -0.2) is 41.4 Å². The largest absolute Gasteiger partial charge is 0.322 e. The van der Waals surface area contributed by atoms with Crippen molar-refractivity contribution >= 4 is 37.3 Å². The number of hydrogen-bond acceptors (Lipinski definition) is 6. The summed E-state index contributed by atoms with van der Waals surface area (Å²) < 4.78 is 50.7. The highest BCUT2D eigenvalue weighted by molar-refractivity contribution is 7.90. The number of carbonyl (C=O) groups excluding carboxylic acids is 1. The van der Waals surface area contributed by atoms with Crippen molar-refractivity contribution in [3.63, 3.8) is 0 Å². The van der Waals surface area contributed by atoms with E-state index in [0.717, 1.165) is 25.5 Å². The molecule has 2 aromatic carbocycles. The van der Waals surface area contributed by atoms with Crippen molar-refractivity contribution in [1.29, 1.82) is 0 Å². The van der Waals surface area contributed by atoms with Gasteiger partial charge in [0.25, 0.3) is 15.9 Å². The zero-order valence-corrected chi connectivity index (χ0v) is 18.8. The number of amidine groups is 1. The average Bonchev–Trinajstić information content (AvgIpc) is 2.95. The third kappa shape index (κ3) is 6.90. The number of hydrogen-bond donors (Lipinski definition) is 2. The first kappa shape index (κ1) is 23.0. The molecular weight excluding hydrogens is 438 g/mol. The summed E-state index contributed by atoms with van der Waals surface area (Å²) in [6, 6.07) is 12.2. The fraction of sp³-hybridized carbons (Fsp3) is 0.333. The maximum atomic E-state index is 12.7. The van der Waals surface area contributed by atoms with Crippen LogP contribution in [-0.2, 0) is 25.6 Å². The van der Waals surface area contributed by atoms with Crippen molar-refractivity contribution in [3.05, 3.63) is 59.7 Å². The van der Waals surface area contributed by atoms with E-state index >= 15 is 0 Å². The predicted octanol–water partition coefficient (Wildman–Crippen LogP) is 2.73. The molecule has 3 rings (SSSR count). The van der Waals surface area contributed by atoms with Gasteiger partial charge in [-0.2, -0.15) is 0 Å². The fourth-order valence-electron chi connectivity index (χ4n) is 3.17. The lowest BCUT2D eigenvalue weighted by Gasteiger charge is -2.11. The van der Waals surface area contributed by atoms with Crippen molar-refractivity contribution in [1.82, 2.24) is 4.72 Å². The first-order chi connectivity index (χ1) is 14.6. The number of anilines is 1. The zero-order valence-electron chi connectivity index (χ0n) is 17.2. The van der Waals surface area contributed by atoms with Crippen LogP contribution < -0.4 is 10.0 Å². The van der Waals surface area contributed by atoms with E-state index in [-0.39, 0.29) is 10.6 Å². The lowest BCUT2D eigenvalue weighted by molar-refractivity contribution is 0.102. The quantitative estimate of drug-likeness (QED) is 0.682. The molecule has 0 spiro atoms. The van der Waals surface area contributed by atoms with Crippen molar-refractivity contribution in [2.24, 2.45) is 4.99 Å². The van der Waals surface area contributed by atoms with Gasteiger partial charge in [0.2, 0.25) is 0 Å². The minimum Gasteiger partial charge on any atom is -0.322 e. The molecule has 2 N–H and O–H groups in total. The summed E-state index contributed by atoms with van der Waals surface area (Å²) in [5.41, 5.74) is 1.24. The number of rotatable bonds is 6. The minimum absolute atomic E-state index is 0.0285. The topological polar surface area (TPSA) is 122 Å². The summed E-state index contributed by atoms with van der Waals surface area (Å²) in [5.74, 6) is -0.0738. The molecule has 0 aliphatic carbocycles. The smallest absolute Gasteiger partial charge is 0.262 e. The van der Waals surface area contributed by atoms with Crippen LogP contribution in [0.2, 0.25) is 0 Å². The highest BCUT2D eigenvalue weighted by Crippen LogP contribution is 2.18. The number of sulfonamides is 1. The summed E-state index contributed by atoms with van der Waals surface area (Å²) in [4.78, 5) is 16.8. The molecule has 0 aromatic heterocycles. The highest BCUT2D eigenvalue weighted by Gasteiger charge is 2.18. The van der Waals surface area contributed by atoms with Crippen LogP contribution in [0.3, 0.4) is 0 Å². The molecule has 0 saturated carbocycles. The van der Waals surface area contributed by atoms with Crippen molar-refractivity contribution in [3.8, 4) is 0 Å². The Balaban J connectivity index is 1.71. The van der Waals surface area contributed by atoms with E-state index in [1.807, 2.05) is 0 Å². The maximum absolute atomic E-state index is 12.7. The number of sulfone groups is 1. The Morgan fingerprint density at radius 2 is 1.74 bits per heavy atom. The number of nitrogens with one attached hydrogen (secondary N) is 2. The molecule has 0 radical (unpaired) electrons. The van der Waals surface area contributed by atoms with Gasteiger partial charge < -0.3 is 5.32 Å². The fourth-order valence-corrected chi connectivity index (χ4v) is 5.10. The van der Waals surface area contributed by atoms with Crippen molar-refractivity contribution in [2.75, 3.05) is 18.1 Å². The van der Waals surface area contributed by atoms with Crippen LogP contribution in [0.15, 0.2) is 58.4 Å². The van der Waals surface area contributed by atoms with Crippen molar-refractivity contribution in [2.45, 2.75) is 36.3 Å². The SMILES string of the molecule is CS(=O)(=O)Cc1ccc(C(=O)Nc2cccc(S(=O)(=O)NC3=NCCCCC3)c2)cc1. The van der Waals surface area contributed by atoms with Crippen LogP contribution >= 0.6 is 0 Å². The normalized spacial score (nSPS) is 14.9. The van der Waals surface area contributed by atoms with Gasteiger partial charge in [-0.05, 0) is 48.7 Å². The van der Waals surface area contributed by atoms with Crippen LogP contribution in [0, 0.1) is 0 Å². The Labute approximate surface area is 182 Å². The standard InChI is InChI=1S/C21H25N3O5S2/c1-30(26,27)15-16-9-11-17(12-10-16)21(25)23-18-6-5-7-19(14-18)31(28,29)24-20-8-3-2-4-13-22-20/h5-7,9-12,14H,2-4,8,13,15H2,1H3,(H,22,24)(H,23,25). The van der Waals surface area contributed by atoms with Gasteiger partial charge in [0, 0.05) is 30.5 Å². The van der Waals surface area contributed by atoms with Gasteiger partial charge in [0.05, 0.1) is 10.6 Å². The number of aliphatic imine (C=N–C) groups is 1. The molecule has 8 nitrogen and oxygen atoms in total. The molecule has 1 amide bonds. The maximum Gasteiger partial charge on any atom is 0.262 e. The number of benzene rings is 2. The van der Waals surface area contributed by atoms with E-state index < -0.39 is 25.8 Å². The van der Waals surface area contributed by atoms with E-state index in [0.29, 0.717) is 35.6 Å².